The normalized spacial score (nSPS) is 26.8. The van der Waals surface area contributed by atoms with Gasteiger partial charge < -0.3 is 15.0 Å². The van der Waals surface area contributed by atoms with Gasteiger partial charge in [0.2, 0.25) is 17.7 Å². The highest BCUT2D eigenvalue weighted by atomic mass is 16.8. The molecule has 2 aliphatic heterocycles. The Balaban J connectivity index is 1.99. The minimum Gasteiger partial charge on any atom is -0.350 e. The van der Waals surface area contributed by atoms with Crippen LogP contribution in [0.5, 0.6) is 0 Å². The van der Waals surface area contributed by atoms with Gasteiger partial charge in [-0.25, -0.2) is 10.3 Å². The fourth-order valence-corrected chi connectivity index (χ4v) is 3.90. The number of allylic oxidation sites excluding steroid dienone is 2. The summed E-state index contributed by atoms with van der Waals surface area (Å²) in [5, 5.41) is 2.92. The van der Waals surface area contributed by atoms with E-state index in [0.29, 0.717) is 26.0 Å². The second-order valence-electron chi connectivity index (χ2n) is 8.49. The molecule has 1 saturated heterocycles. The number of hydrogen-bond donors (Lipinski definition) is 2. The Bertz CT molecular complexity index is 604. The Morgan fingerprint density at radius 2 is 1.97 bits per heavy atom. The lowest BCUT2D eigenvalue weighted by Crippen LogP contribution is -2.49. The Labute approximate surface area is 186 Å². The first kappa shape index (κ1) is 25.3. The third kappa shape index (κ3) is 9.39. The van der Waals surface area contributed by atoms with E-state index < -0.39 is 18.2 Å². The van der Waals surface area contributed by atoms with Crippen LogP contribution in [0.25, 0.3) is 0 Å². The molecular formula is C23H39N3O5. The standard InChI is InChI=1S/C23H39N3O5/c1-3-12-19-23(29)26(2)15-10-7-5-4-6-8-13-18(22(28)24-19)17-20(27)25-31-21-14-9-11-16-30-21/h4-5,18-19,21H,3,6-17H2,1-2H3,(H,24,28)(H,25,27)/t18?,19?,21-/m0/s1. The van der Waals surface area contributed by atoms with Gasteiger partial charge in [0.1, 0.15) is 6.04 Å². The lowest BCUT2D eigenvalue weighted by Gasteiger charge is -2.26. The molecule has 2 N–H and O–H groups in total. The number of carbonyl (C=O) groups is 3. The van der Waals surface area contributed by atoms with Crippen molar-refractivity contribution in [1.29, 1.82) is 0 Å². The molecule has 0 spiro atoms. The quantitative estimate of drug-likeness (QED) is 0.492. The highest BCUT2D eigenvalue weighted by Gasteiger charge is 2.28. The van der Waals surface area contributed by atoms with Gasteiger partial charge >= 0.3 is 0 Å². The molecule has 1 fully saturated rings. The zero-order chi connectivity index (χ0) is 22.5. The van der Waals surface area contributed by atoms with Gasteiger partial charge in [-0.1, -0.05) is 25.5 Å². The van der Waals surface area contributed by atoms with Crippen LogP contribution >= 0.6 is 0 Å². The molecule has 2 unspecified atom stereocenters. The van der Waals surface area contributed by atoms with Gasteiger partial charge in [-0.05, 0) is 51.4 Å². The summed E-state index contributed by atoms with van der Waals surface area (Å²) in [5.74, 6) is -1.17. The second-order valence-corrected chi connectivity index (χ2v) is 8.49. The fraction of sp³-hybridized carbons (Fsp3) is 0.783. The fourth-order valence-electron chi connectivity index (χ4n) is 3.90. The third-order valence-electron chi connectivity index (χ3n) is 5.77. The van der Waals surface area contributed by atoms with Crippen molar-refractivity contribution >= 4 is 17.7 Å². The number of rotatable bonds is 6. The molecule has 2 rings (SSSR count). The van der Waals surface area contributed by atoms with Crippen molar-refractivity contribution in [3.8, 4) is 0 Å². The zero-order valence-corrected chi connectivity index (χ0v) is 19.1. The zero-order valence-electron chi connectivity index (χ0n) is 19.1. The van der Waals surface area contributed by atoms with Crippen LogP contribution in [-0.2, 0) is 24.0 Å². The summed E-state index contributed by atoms with van der Waals surface area (Å²) in [6, 6.07) is -0.557. The molecule has 0 aromatic rings. The number of likely N-dealkylation sites (N-methyl/N-ethyl adjacent to an activating group) is 1. The van der Waals surface area contributed by atoms with Gasteiger partial charge in [0.05, 0.1) is 0 Å². The first-order valence-electron chi connectivity index (χ1n) is 11.8. The molecule has 0 bridgehead atoms. The van der Waals surface area contributed by atoms with Crippen LogP contribution in [0.15, 0.2) is 12.2 Å². The van der Waals surface area contributed by atoms with Crippen molar-refractivity contribution in [2.45, 2.75) is 89.9 Å². The lowest BCUT2D eigenvalue weighted by atomic mass is 9.95. The van der Waals surface area contributed by atoms with Crippen LogP contribution in [0.1, 0.15) is 77.6 Å². The van der Waals surface area contributed by atoms with E-state index >= 15 is 0 Å². The van der Waals surface area contributed by atoms with Crippen molar-refractivity contribution in [3.63, 3.8) is 0 Å². The van der Waals surface area contributed by atoms with Crippen LogP contribution in [-0.4, -0.2) is 55.2 Å². The molecule has 8 heteroatoms. The maximum Gasteiger partial charge on any atom is 0.244 e. The Morgan fingerprint density at radius 1 is 1.19 bits per heavy atom. The molecule has 176 valence electrons. The van der Waals surface area contributed by atoms with Gasteiger partial charge in [-0.3, -0.25) is 14.4 Å². The molecule has 3 amide bonds. The van der Waals surface area contributed by atoms with Gasteiger partial charge in [0.15, 0.2) is 6.29 Å². The summed E-state index contributed by atoms with van der Waals surface area (Å²) in [4.78, 5) is 45.3. The minimum atomic E-state index is -0.557. The first-order chi connectivity index (χ1) is 15.0. The van der Waals surface area contributed by atoms with Gasteiger partial charge in [0.25, 0.3) is 0 Å². The van der Waals surface area contributed by atoms with Crippen LogP contribution in [0.4, 0.5) is 0 Å². The summed E-state index contributed by atoms with van der Waals surface area (Å²) in [7, 11) is 1.78. The molecule has 2 aliphatic rings. The highest BCUT2D eigenvalue weighted by Crippen LogP contribution is 2.17. The molecule has 0 saturated carbocycles. The van der Waals surface area contributed by atoms with Crippen molar-refractivity contribution in [3.05, 3.63) is 12.2 Å². The van der Waals surface area contributed by atoms with Crippen molar-refractivity contribution < 1.29 is 24.0 Å². The number of hydroxylamine groups is 1. The van der Waals surface area contributed by atoms with E-state index in [-0.39, 0.29) is 24.1 Å². The molecular weight excluding hydrogens is 398 g/mol. The van der Waals surface area contributed by atoms with Crippen LogP contribution in [0.3, 0.4) is 0 Å². The molecule has 0 aromatic carbocycles. The topological polar surface area (TPSA) is 97.0 Å². The lowest BCUT2D eigenvalue weighted by molar-refractivity contribution is -0.200. The van der Waals surface area contributed by atoms with E-state index in [1.807, 2.05) is 6.92 Å². The predicted molar refractivity (Wildman–Crippen MR) is 118 cm³/mol. The molecule has 2 heterocycles. The average molecular weight is 438 g/mol. The average Bonchev–Trinajstić information content (AvgIpc) is 2.77. The van der Waals surface area contributed by atoms with Crippen molar-refractivity contribution in [1.82, 2.24) is 15.7 Å². The molecule has 31 heavy (non-hydrogen) atoms. The summed E-state index contributed by atoms with van der Waals surface area (Å²) >= 11 is 0. The van der Waals surface area contributed by atoms with E-state index in [1.54, 1.807) is 11.9 Å². The Hall–Kier alpha value is -1.93. The SMILES string of the molecule is CCCC1NC(=O)C(CC(=O)NO[C@H]2CCCCO2)CCCC=CCCCN(C)C1=O. The molecule has 8 nitrogen and oxygen atoms in total. The molecule has 3 atom stereocenters. The molecule has 0 aliphatic carbocycles. The Morgan fingerprint density at radius 3 is 2.68 bits per heavy atom. The van der Waals surface area contributed by atoms with E-state index in [0.717, 1.165) is 51.4 Å². The maximum atomic E-state index is 13.0. The Kier molecular flexibility index (Phi) is 11.6. The minimum absolute atomic E-state index is 0.0190. The van der Waals surface area contributed by atoms with Crippen LogP contribution < -0.4 is 10.8 Å². The van der Waals surface area contributed by atoms with Crippen molar-refractivity contribution in [2.75, 3.05) is 20.2 Å². The number of nitrogens with one attached hydrogen (secondary N) is 2. The molecule has 0 radical (unpaired) electrons. The summed E-state index contributed by atoms with van der Waals surface area (Å²) in [6.45, 7) is 3.28. The van der Waals surface area contributed by atoms with Gasteiger partial charge in [0, 0.05) is 39.0 Å². The first-order valence-corrected chi connectivity index (χ1v) is 11.8. The van der Waals surface area contributed by atoms with E-state index in [9.17, 15) is 14.4 Å². The third-order valence-corrected chi connectivity index (χ3v) is 5.77. The van der Waals surface area contributed by atoms with Gasteiger partial charge in [-0.2, -0.15) is 0 Å². The number of carbonyl (C=O) groups excluding carboxylic acids is 3. The van der Waals surface area contributed by atoms with E-state index in [1.165, 1.54) is 0 Å². The van der Waals surface area contributed by atoms with Crippen LogP contribution in [0, 0.1) is 5.92 Å². The predicted octanol–water partition coefficient (Wildman–Crippen LogP) is 2.83. The smallest absolute Gasteiger partial charge is 0.244 e. The monoisotopic (exact) mass is 437 g/mol. The van der Waals surface area contributed by atoms with Crippen LogP contribution in [0.2, 0.25) is 0 Å². The van der Waals surface area contributed by atoms with Gasteiger partial charge in [-0.15, -0.1) is 0 Å². The number of ether oxygens (including phenoxy) is 1. The van der Waals surface area contributed by atoms with E-state index in [4.69, 9.17) is 9.57 Å². The number of amides is 3. The summed E-state index contributed by atoms with van der Waals surface area (Å²) in [5.41, 5.74) is 2.44. The number of hydrogen-bond acceptors (Lipinski definition) is 5. The summed E-state index contributed by atoms with van der Waals surface area (Å²) in [6.07, 6.45) is 12.0. The van der Waals surface area contributed by atoms with E-state index in [2.05, 4.69) is 22.9 Å². The number of nitrogens with zero attached hydrogens (tertiary/aromatic N) is 1. The maximum absolute atomic E-state index is 13.0. The van der Waals surface area contributed by atoms with Crippen molar-refractivity contribution in [2.24, 2.45) is 5.92 Å². The molecule has 0 aromatic heterocycles. The summed E-state index contributed by atoms with van der Waals surface area (Å²) < 4.78 is 5.45. The largest absolute Gasteiger partial charge is 0.350 e. The second kappa shape index (κ2) is 14.2. The highest BCUT2D eigenvalue weighted by molar-refractivity contribution is 5.90.